The van der Waals surface area contributed by atoms with Gasteiger partial charge in [0.25, 0.3) is 0 Å². The molecule has 9 heteroatoms. The first-order valence-electron chi connectivity index (χ1n) is 5.46. The Morgan fingerprint density at radius 2 is 0.913 bits per heavy atom. The molecule has 0 aliphatic heterocycles. The number of hydrogen-bond donors (Lipinski definition) is 4. The van der Waals surface area contributed by atoms with Crippen LogP contribution in [0.5, 0.6) is 11.5 Å². The minimum atomic E-state index is -1.11. The molecular formula is C14H14Cu2O7. The Bertz CT molecular complexity index is 577. The van der Waals surface area contributed by atoms with Crippen molar-refractivity contribution in [1.82, 2.24) is 0 Å². The number of benzene rings is 2. The quantitative estimate of drug-likeness (QED) is 0.539. The summed E-state index contributed by atoms with van der Waals surface area (Å²) in [5, 5.41) is 34.6. The topological polar surface area (TPSA) is 147 Å². The zero-order chi connectivity index (χ0) is 15.1. The molecule has 23 heavy (non-hydrogen) atoms. The van der Waals surface area contributed by atoms with Gasteiger partial charge in [-0.25, -0.2) is 9.59 Å². The van der Waals surface area contributed by atoms with E-state index in [4.69, 9.17) is 20.4 Å². The summed E-state index contributed by atoms with van der Waals surface area (Å²) in [6.45, 7) is 0. The van der Waals surface area contributed by atoms with E-state index in [1.54, 1.807) is 24.3 Å². The summed E-state index contributed by atoms with van der Waals surface area (Å²) in [4.78, 5) is 20.5. The van der Waals surface area contributed by atoms with Crippen molar-refractivity contribution in [3.8, 4) is 11.5 Å². The molecule has 6 N–H and O–H groups in total. The molecule has 2 aromatic carbocycles. The Hall–Kier alpha value is -2.02. The minimum Gasteiger partial charge on any atom is -0.507 e. The molecule has 0 saturated heterocycles. The van der Waals surface area contributed by atoms with Gasteiger partial charge in [-0.15, -0.1) is 0 Å². The van der Waals surface area contributed by atoms with Gasteiger partial charge in [-0.05, 0) is 24.3 Å². The Morgan fingerprint density at radius 1 is 0.652 bits per heavy atom. The van der Waals surface area contributed by atoms with Crippen LogP contribution in [-0.4, -0.2) is 37.8 Å². The third-order valence-electron chi connectivity index (χ3n) is 2.27. The minimum absolute atomic E-state index is 0. The first-order valence-corrected chi connectivity index (χ1v) is 5.46. The van der Waals surface area contributed by atoms with E-state index in [1.807, 2.05) is 0 Å². The number of phenols is 2. The summed E-state index contributed by atoms with van der Waals surface area (Å²) in [6.07, 6.45) is 0. The van der Waals surface area contributed by atoms with E-state index in [2.05, 4.69) is 0 Å². The molecule has 0 atom stereocenters. The Morgan fingerprint density at radius 3 is 1.09 bits per heavy atom. The van der Waals surface area contributed by atoms with Gasteiger partial charge in [0.1, 0.15) is 22.6 Å². The fourth-order valence-corrected chi connectivity index (χ4v) is 1.31. The van der Waals surface area contributed by atoms with E-state index in [0.29, 0.717) is 0 Å². The number of carboxylic acids is 2. The fraction of sp³-hybridized carbons (Fsp3) is 0. The second-order valence-corrected chi connectivity index (χ2v) is 3.64. The summed E-state index contributed by atoms with van der Waals surface area (Å²) < 4.78 is 0. The molecule has 7 nitrogen and oxygen atoms in total. The number of rotatable bonds is 2. The molecule has 2 rings (SSSR count). The second kappa shape index (κ2) is 12.5. The third kappa shape index (κ3) is 8.25. The van der Waals surface area contributed by atoms with Crippen LogP contribution in [0.25, 0.3) is 0 Å². The molecule has 0 aliphatic carbocycles. The van der Waals surface area contributed by atoms with Crippen LogP contribution in [0.2, 0.25) is 0 Å². The van der Waals surface area contributed by atoms with Gasteiger partial charge in [0.2, 0.25) is 0 Å². The molecule has 0 bridgehead atoms. The van der Waals surface area contributed by atoms with Gasteiger partial charge < -0.3 is 25.9 Å². The zero-order valence-electron chi connectivity index (χ0n) is 11.3. The maximum atomic E-state index is 10.3. The van der Waals surface area contributed by atoms with Gasteiger partial charge in [0.15, 0.2) is 0 Å². The van der Waals surface area contributed by atoms with E-state index in [1.165, 1.54) is 24.3 Å². The molecule has 2 radical (unpaired) electrons. The first kappa shape index (κ1) is 25.9. The van der Waals surface area contributed by atoms with Crippen LogP contribution in [0, 0.1) is 0 Å². The van der Waals surface area contributed by atoms with Crippen LogP contribution < -0.4 is 0 Å². The standard InChI is InChI=1S/2C7H6O3.2Cu.H2O/c2*8-6-4-2-1-3-5(6)7(9)10;;;/h2*1-4,8H,(H,9,10);;;1H2. The summed E-state index contributed by atoms with van der Waals surface area (Å²) in [5.74, 6) is -2.62. The van der Waals surface area contributed by atoms with Crippen molar-refractivity contribution in [3.63, 3.8) is 0 Å². The van der Waals surface area contributed by atoms with Crippen LogP contribution in [0.15, 0.2) is 48.5 Å². The number of aromatic carboxylic acids is 2. The molecule has 134 valence electrons. The second-order valence-electron chi connectivity index (χ2n) is 3.64. The van der Waals surface area contributed by atoms with Gasteiger partial charge in [0, 0.05) is 34.1 Å². The van der Waals surface area contributed by atoms with Crippen molar-refractivity contribution in [2.24, 2.45) is 0 Å². The predicted molar refractivity (Wildman–Crippen MR) is 73.7 cm³/mol. The smallest absolute Gasteiger partial charge is 0.339 e. The molecule has 0 fully saturated rings. The summed E-state index contributed by atoms with van der Waals surface area (Å²) >= 11 is 0. The van der Waals surface area contributed by atoms with Gasteiger partial charge in [-0.2, -0.15) is 0 Å². The summed E-state index contributed by atoms with van der Waals surface area (Å²) in [6, 6.07) is 11.6. The monoisotopic (exact) mass is 420 g/mol. The number of carbonyl (C=O) groups is 2. The normalized spacial score (nSPS) is 8.00. The van der Waals surface area contributed by atoms with E-state index >= 15 is 0 Å². The van der Waals surface area contributed by atoms with Crippen molar-refractivity contribution >= 4 is 11.9 Å². The Balaban J connectivity index is -0.000000308. The molecule has 0 saturated carbocycles. The van der Waals surface area contributed by atoms with Crippen molar-refractivity contribution in [2.45, 2.75) is 0 Å². The van der Waals surface area contributed by atoms with E-state index < -0.39 is 11.9 Å². The van der Waals surface area contributed by atoms with Crippen molar-refractivity contribution in [3.05, 3.63) is 59.7 Å². The third-order valence-corrected chi connectivity index (χ3v) is 2.27. The van der Waals surface area contributed by atoms with Gasteiger partial charge in [-0.3, -0.25) is 0 Å². The fourth-order valence-electron chi connectivity index (χ4n) is 1.31. The number of carboxylic acid groups (broad SMARTS) is 2. The van der Waals surface area contributed by atoms with E-state index in [9.17, 15) is 9.59 Å². The van der Waals surface area contributed by atoms with Crippen molar-refractivity contribution in [1.29, 1.82) is 0 Å². The number of aromatic hydroxyl groups is 2. The van der Waals surface area contributed by atoms with E-state index in [-0.39, 0.29) is 62.2 Å². The Kier molecular flexibility index (Phi) is 14.1. The van der Waals surface area contributed by atoms with E-state index in [0.717, 1.165) is 0 Å². The van der Waals surface area contributed by atoms with Crippen LogP contribution in [0.3, 0.4) is 0 Å². The van der Waals surface area contributed by atoms with Crippen LogP contribution >= 0.6 is 0 Å². The molecule has 0 unspecified atom stereocenters. The molecule has 0 aromatic heterocycles. The van der Waals surface area contributed by atoms with Gasteiger partial charge in [0.05, 0.1) is 0 Å². The maximum Gasteiger partial charge on any atom is 0.339 e. The molecular weight excluding hydrogens is 407 g/mol. The molecule has 2 aromatic rings. The average Bonchev–Trinajstić information content (AvgIpc) is 2.40. The molecule has 0 amide bonds. The van der Waals surface area contributed by atoms with Crippen molar-refractivity contribution in [2.75, 3.05) is 0 Å². The van der Waals surface area contributed by atoms with Crippen LogP contribution in [0.4, 0.5) is 0 Å². The predicted octanol–water partition coefficient (Wildman–Crippen LogP) is 1.35. The first-order chi connectivity index (χ1) is 9.43. The Labute approximate surface area is 152 Å². The summed E-state index contributed by atoms with van der Waals surface area (Å²) in [5.41, 5.74) is -0.134. The maximum absolute atomic E-state index is 10.3. The largest absolute Gasteiger partial charge is 0.507 e. The van der Waals surface area contributed by atoms with Crippen LogP contribution in [-0.2, 0) is 34.1 Å². The summed E-state index contributed by atoms with van der Waals surface area (Å²) in [7, 11) is 0. The zero-order valence-corrected chi connectivity index (χ0v) is 13.2. The SMILES string of the molecule is O.O=C(O)c1ccccc1O.O=C(O)c1ccccc1O.[Cu].[Cu]. The average molecular weight is 421 g/mol. The van der Waals surface area contributed by atoms with Gasteiger partial charge in [-0.1, -0.05) is 24.3 Å². The molecule has 0 aliphatic rings. The van der Waals surface area contributed by atoms with Crippen molar-refractivity contribution < 1.29 is 69.6 Å². The molecule has 0 spiro atoms. The van der Waals surface area contributed by atoms with Gasteiger partial charge >= 0.3 is 11.9 Å². The molecule has 0 heterocycles. The van der Waals surface area contributed by atoms with Crippen LogP contribution in [0.1, 0.15) is 20.7 Å². The number of hydrogen-bond acceptors (Lipinski definition) is 4. The number of para-hydroxylation sites is 2.